The molecular weight excluding hydrogens is 302 g/mol. The summed E-state index contributed by atoms with van der Waals surface area (Å²) in [6.45, 7) is 4.02. The molecule has 1 saturated heterocycles. The number of nitrogens with zero attached hydrogens (tertiary/aromatic N) is 1. The van der Waals surface area contributed by atoms with Crippen LogP contribution >= 0.6 is 11.6 Å². The van der Waals surface area contributed by atoms with Gasteiger partial charge in [0.05, 0.1) is 0 Å². The SMILES string of the molecule is CC(=O)NC1CCCN(CCC(=O)Nc2cccc(Cl)c2)C1. The Bertz CT molecular complexity index is 536. The predicted octanol–water partition coefficient (Wildman–Crippen LogP) is 2.27. The zero-order chi connectivity index (χ0) is 15.9. The molecule has 1 aromatic rings. The Morgan fingerprint density at radius 3 is 2.95 bits per heavy atom. The van der Waals surface area contributed by atoms with Gasteiger partial charge in [-0.1, -0.05) is 17.7 Å². The lowest BCUT2D eigenvalue weighted by molar-refractivity contribution is -0.120. The predicted molar refractivity (Wildman–Crippen MR) is 88.0 cm³/mol. The number of nitrogens with one attached hydrogen (secondary N) is 2. The molecule has 1 aliphatic heterocycles. The van der Waals surface area contributed by atoms with Crippen LogP contribution in [0.1, 0.15) is 26.2 Å². The Labute approximate surface area is 136 Å². The van der Waals surface area contributed by atoms with Crippen LogP contribution in [0, 0.1) is 0 Å². The molecular formula is C16H22ClN3O2. The number of rotatable bonds is 5. The van der Waals surface area contributed by atoms with Crippen molar-refractivity contribution in [3.63, 3.8) is 0 Å². The number of halogens is 1. The van der Waals surface area contributed by atoms with Crippen molar-refractivity contribution in [3.05, 3.63) is 29.3 Å². The third kappa shape index (κ3) is 5.66. The molecule has 1 atom stereocenters. The molecule has 120 valence electrons. The van der Waals surface area contributed by atoms with Crippen molar-refractivity contribution in [1.29, 1.82) is 0 Å². The molecule has 6 heteroatoms. The smallest absolute Gasteiger partial charge is 0.225 e. The quantitative estimate of drug-likeness (QED) is 0.874. The van der Waals surface area contributed by atoms with Gasteiger partial charge in [0.25, 0.3) is 0 Å². The van der Waals surface area contributed by atoms with Crippen molar-refractivity contribution < 1.29 is 9.59 Å². The van der Waals surface area contributed by atoms with Crippen molar-refractivity contribution in [2.75, 3.05) is 25.0 Å². The van der Waals surface area contributed by atoms with Gasteiger partial charge in [0.1, 0.15) is 0 Å². The molecule has 0 spiro atoms. The number of anilines is 1. The Hall–Kier alpha value is -1.59. The van der Waals surface area contributed by atoms with Crippen LogP contribution in [0.15, 0.2) is 24.3 Å². The highest BCUT2D eigenvalue weighted by Gasteiger charge is 2.20. The molecule has 1 fully saturated rings. The lowest BCUT2D eigenvalue weighted by atomic mass is 10.1. The van der Waals surface area contributed by atoms with Crippen molar-refractivity contribution >= 4 is 29.1 Å². The van der Waals surface area contributed by atoms with E-state index in [-0.39, 0.29) is 17.9 Å². The van der Waals surface area contributed by atoms with E-state index in [1.165, 1.54) is 6.92 Å². The van der Waals surface area contributed by atoms with E-state index in [0.29, 0.717) is 23.7 Å². The van der Waals surface area contributed by atoms with Crippen molar-refractivity contribution in [3.8, 4) is 0 Å². The minimum absolute atomic E-state index is 0.00514. The summed E-state index contributed by atoms with van der Waals surface area (Å²) >= 11 is 5.89. The number of hydrogen-bond donors (Lipinski definition) is 2. The minimum atomic E-state index is -0.0242. The first-order valence-electron chi connectivity index (χ1n) is 7.58. The van der Waals surface area contributed by atoms with Gasteiger partial charge >= 0.3 is 0 Å². The monoisotopic (exact) mass is 323 g/mol. The van der Waals surface area contributed by atoms with Crippen LogP contribution in [-0.2, 0) is 9.59 Å². The molecule has 0 aliphatic carbocycles. The highest BCUT2D eigenvalue weighted by atomic mass is 35.5. The van der Waals surface area contributed by atoms with E-state index in [1.807, 2.05) is 6.07 Å². The molecule has 2 amide bonds. The maximum atomic E-state index is 12.0. The van der Waals surface area contributed by atoms with Crippen LogP contribution in [0.4, 0.5) is 5.69 Å². The molecule has 1 aliphatic rings. The van der Waals surface area contributed by atoms with Crippen LogP contribution in [-0.4, -0.2) is 42.4 Å². The van der Waals surface area contributed by atoms with E-state index in [4.69, 9.17) is 11.6 Å². The number of carbonyl (C=O) groups excluding carboxylic acids is 2. The fourth-order valence-corrected chi connectivity index (χ4v) is 2.90. The van der Waals surface area contributed by atoms with E-state index in [2.05, 4.69) is 15.5 Å². The normalized spacial score (nSPS) is 18.7. The summed E-state index contributed by atoms with van der Waals surface area (Å²) in [7, 11) is 0. The Kier molecular flexibility index (Phi) is 6.21. The summed E-state index contributed by atoms with van der Waals surface area (Å²) in [4.78, 5) is 25.3. The van der Waals surface area contributed by atoms with Crippen LogP contribution in [0.2, 0.25) is 5.02 Å². The molecule has 0 saturated carbocycles. The van der Waals surface area contributed by atoms with E-state index >= 15 is 0 Å². The van der Waals surface area contributed by atoms with Gasteiger partial charge in [-0.05, 0) is 37.6 Å². The number of amides is 2. The summed E-state index contributed by atoms with van der Waals surface area (Å²) < 4.78 is 0. The third-order valence-electron chi connectivity index (χ3n) is 3.68. The summed E-state index contributed by atoms with van der Waals surface area (Å²) in [6, 6.07) is 7.32. The van der Waals surface area contributed by atoms with Gasteiger partial charge in [-0.3, -0.25) is 9.59 Å². The third-order valence-corrected chi connectivity index (χ3v) is 3.91. The summed E-state index contributed by atoms with van der Waals surface area (Å²) in [5, 5.41) is 6.40. The van der Waals surface area contributed by atoms with Gasteiger partial charge in [0.15, 0.2) is 0 Å². The number of piperidine rings is 1. The van der Waals surface area contributed by atoms with Crippen LogP contribution < -0.4 is 10.6 Å². The molecule has 5 nitrogen and oxygen atoms in total. The zero-order valence-corrected chi connectivity index (χ0v) is 13.5. The number of likely N-dealkylation sites (tertiary alicyclic amines) is 1. The molecule has 2 rings (SSSR count). The Balaban J connectivity index is 1.75. The highest BCUT2D eigenvalue weighted by molar-refractivity contribution is 6.30. The lowest BCUT2D eigenvalue weighted by Gasteiger charge is -2.32. The first kappa shape index (κ1) is 16.8. The topological polar surface area (TPSA) is 61.4 Å². The van der Waals surface area contributed by atoms with Crippen molar-refractivity contribution in [1.82, 2.24) is 10.2 Å². The molecule has 1 heterocycles. The second-order valence-electron chi connectivity index (χ2n) is 5.65. The lowest BCUT2D eigenvalue weighted by Crippen LogP contribution is -2.47. The van der Waals surface area contributed by atoms with Gasteiger partial charge in [-0.2, -0.15) is 0 Å². The molecule has 1 aromatic carbocycles. The second kappa shape index (κ2) is 8.15. The van der Waals surface area contributed by atoms with E-state index in [9.17, 15) is 9.59 Å². The average molecular weight is 324 g/mol. The minimum Gasteiger partial charge on any atom is -0.352 e. The van der Waals surface area contributed by atoms with Crippen LogP contribution in [0.3, 0.4) is 0 Å². The average Bonchev–Trinajstić information content (AvgIpc) is 2.45. The van der Waals surface area contributed by atoms with Gasteiger partial charge in [0.2, 0.25) is 11.8 Å². The zero-order valence-electron chi connectivity index (χ0n) is 12.8. The van der Waals surface area contributed by atoms with E-state index in [1.54, 1.807) is 18.2 Å². The van der Waals surface area contributed by atoms with Gasteiger partial charge in [-0.25, -0.2) is 0 Å². The maximum absolute atomic E-state index is 12.0. The molecule has 2 N–H and O–H groups in total. The molecule has 0 aromatic heterocycles. The van der Waals surface area contributed by atoms with Crippen LogP contribution in [0.5, 0.6) is 0 Å². The highest BCUT2D eigenvalue weighted by Crippen LogP contribution is 2.15. The maximum Gasteiger partial charge on any atom is 0.225 e. The first-order valence-corrected chi connectivity index (χ1v) is 7.95. The van der Waals surface area contributed by atoms with Gasteiger partial charge in [-0.15, -0.1) is 0 Å². The summed E-state index contributed by atoms with van der Waals surface area (Å²) in [5.41, 5.74) is 0.715. The standard InChI is InChI=1S/C16H22ClN3O2/c1-12(21)18-15-6-3-8-20(11-15)9-7-16(22)19-14-5-2-4-13(17)10-14/h2,4-5,10,15H,3,6-9,11H2,1H3,(H,18,21)(H,19,22). The Morgan fingerprint density at radius 2 is 2.23 bits per heavy atom. The fraction of sp³-hybridized carbons (Fsp3) is 0.500. The molecule has 1 unspecified atom stereocenters. The number of carbonyl (C=O) groups is 2. The molecule has 0 bridgehead atoms. The summed E-state index contributed by atoms with van der Waals surface area (Å²) in [6.07, 6.45) is 2.48. The number of hydrogen-bond acceptors (Lipinski definition) is 3. The van der Waals surface area contributed by atoms with Crippen molar-refractivity contribution in [2.45, 2.75) is 32.2 Å². The van der Waals surface area contributed by atoms with Crippen molar-refractivity contribution in [2.24, 2.45) is 0 Å². The second-order valence-corrected chi connectivity index (χ2v) is 6.09. The summed E-state index contributed by atoms with van der Waals surface area (Å²) in [5.74, 6) is -0.0190. The number of benzene rings is 1. The Morgan fingerprint density at radius 1 is 1.41 bits per heavy atom. The van der Waals surface area contributed by atoms with Crippen LogP contribution in [0.25, 0.3) is 0 Å². The molecule has 22 heavy (non-hydrogen) atoms. The molecule has 0 radical (unpaired) electrons. The first-order chi connectivity index (χ1) is 10.5. The largest absolute Gasteiger partial charge is 0.352 e. The van der Waals surface area contributed by atoms with E-state index in [0.717, 1.165) is 25.9 Å². The van der Waals surface area contributed by atoms with Gasteiger partial charge in [0, 0.05) is 43.2 Å². The van der Waals surface area contributed by atoms with E-state index < -0.39 is 0 Å². The van der Waals surface area contributed by atoms with Gasteiger partial charge < -0.3 is 15.5 Å². The fourth-order valence-electron chi connectivity index (χ4n) is 2.71.